The zero-order valence-electron chi connectivity index (χ0n) is 8.38. The summed E-state index contributed by atoms with van der Waals surface area (Å²) < 4.78 is 40.1. The molecule has 16 heavy (non-hydrogen) atoms. The normalized spacial score (nSPS) is 11.6. The first-order valence-corrected chi connectivity index (χ1v) is 5.77. The van der Waals surface area contributed by atoms with Crippen LogP contribution in [-0.4, -0.2) is 21.5 Å². The van der Waals surface area contributed by atoms with Crippen molar-refractivity contribution in [3.05, 3.63) is 41.6 Å². The van der Waals surface area contributed by atoms with Crippen molar-refractivity contribution in [1.29, 1.82) is 0 Å². The Morgan fingerprint density at radius 1 is 1.44 bits per heavy atom. The van der Waals surface area contributed by atoms with Crippen LogP contribution in [0.4, 0.5) is 4.39 Å². The average Bonchev–Trinajstić information content (AvgIpc) is 2.26. The van der Waals surface area contributed by atoms with E-state index >= 15 is 0 Å². The number of sulfone groups is 1. The zero-order valence-corrected chi connectivity index (χ0v) is 9.20. The largest absolute Gasteiger partial charge is 0.466 e. The maximum Gasteiger partial charge on any atom is 0.331 e. The third-order valence-corrected chi connectivity index (χ3v) is 3.11. The maximum atomic E-state index is 12.8. The minimum Gasteiger partial charge on any atom is -0.466 e. The van der Waals surface area contributed by atoms with E-state index in [-0.39, 0.29) is 4.90 Å². The summed E-state index contributed by atoms with van der Waals surface area (Å²) in [5.41, 5.74) is 0. The van der Waals surface area contributed by atoms with Crippen molar-refractivity contribution < 1.29 is 22.3 Å². The highest BCUT2D eigenvalue weighted by Gasteiger charge is 2.11. The fraction of sp³-hybridized carbons (Fsp3) is 0.100. The van der Waals surface area contributed by atoms with Crippen molar-refractivity contribution in [2.75, 3.05) is 7.11 Å². The van der Waals surface area contributed by atoms with Crippen LogP contribution in [0.2, 0.25) is 0 Å². The monoisotopic (exact) mass is 244 g/mol. The van der Waals surface area contributed by atoms with Gasteiger partial charge in [0.2, 0.25) is 0 Å². The number of rotatable bonds is 3. The van der Waals surface area contributed by atoms with Gasteiger partial charge in [0.05, 0.1) is 12.0 Å². The van der Waals surface area contributed by atoms with Crippen LogP contribution in [0.3, 0.4) is 0 Å². The van der Waals surface area contributed by atoms with Gasteiger partial charge >= 0.3 is 5.97 Å². The average molecular weight is 244 g/mol. The van der Waals surface area contributed by atoms with Crippen molar-refractivity contribution in [2.24, 2.45) is 0 Å². The van der Waals surface area contributed by atoms with Gasteiger partial charge in [0.25, 0.3) is 0 Å². The fourth-order valence-electron chi connectivity index (χ4n) is 0.936. The third-order valence-electron chi connectivity index (χ3n) is 1.71. The van der Waals surface area contributed by atoms with Gasteiger partial charge in [-0.15, -0.1) is 0 Å². The molecule has 0 aromatic heterocycles. The molecule has 0 spiro atoms. The van der Waals surface area contributed by atoms with E-state index < -0.39 is 21.6 Å². The summed E-state index contributed by atoms with van der Waals surface area (Å²) in [6, 6.07) is 4.51. The Labute approximate surface area is 92.3 Å². The quantitative estimate of drug-likeness (QED) is 0.593. The number of carbonyl (C=O) groups is 1. The highest BCUT2D eigenvalue weighted by Crippen LogP contribution is 2.13. The van der Waals surface area contributed by atoms with E-state index in [0.717, 1.165) is 25.3 Å². The number of esters is 1. The molecule has 0 atom stereocenters. The lowest BCUT2D eigenvalue weighted by Gasteiger charge is -1.98. The Kier molecular flexibility index (Phi) is 3.78. The molecule has 4 nitrogen and oxygen atoms in total. The maximum absolute atomic E-state index is 12.8. The molecule has 86 valence electrons. The van der Waals surface area contributed by atoms with Gasteiger partial charge in [-0.25, -0.2) is 17.6 Å². The number of ether oxygens (including phenoxy) is 1. The van der Waals surface area contributed by atoms with Gasteiger partial charge in [0.15, 0.2) is 9.84 Å². The fourth-order valence-corrected chi connectivity index (χ4v) is 1.93. The van der Waals surface area contributed by atoms with Crippen LogP contribution in [0.5, 0.6) is 0 Å². The van der Waals surface area contributed by atoms with Gasteiger partial charge in [-0.1, -0.05) is 6.07 Å². The van der Waals surface area contributed by atoms with E-state index in [0.29, 0.717) is 5.41 Å². The van der Waals surface area contributed by atoms with E-state index in [1.54, 1.807) is 0 Å². The van der Waals surface area contributed by atoms with Crippen molar-refractivity contribution in [3.63, 3.8) is 0 Å². The molecular formula is C10H9FO4S. The van der Waals surface area contributed by atoms with Gasteiger partial charge in [0, 0.05) is 11.5 Å². The first-order chi connectivity index (χ1) is 7.45. The summed E-state index contributed by atoms with van der Waals surface area (Å²) in [6.45, 7) is 0. The van der Waals surface area contributed by atoms with Gasteiger partial charge in [-0.05, 0) is 18.2 Å². The van der Waals surface area contributed by atoms with E-state index in [1.807, 2.05) is 0 Å². The van der Waals surface area contributed by atoms with E-state index in [1.165, 1.54) is 12.1 Å². The second-order valence-electron chi connectivity index (χ2n) is 2.83. The predicted molar refractivity (Wildman–Crippen MR) is 54.7 cm³/mol. The molecule has 1 aromatic carbocycles. The summed E-state index contributed by atoms with van der Waals surface area (Å²) >= 11 is 0. The molecule has 0 saturated carbocycles. The highest BCUT2D eigenvalue weighted by molar-refractivity contribution is 7.94. The van der Waals surface area contributed by atoms with Crippen LogP contribution >= 0.6 is 0 Å². The lowest BCUT2D eigenvalue weighted by atomic mass is 10.4. The minimum absolute atomic E-state index is 0.215. The van der Waals surface area contributed by atoms with Crippen LogP contribution in [0.15, 0.2) is 40.6 Å². The van der Waals surface area contributed by atoms with Crippen molar-refractivity contribution in [2.45, 2.75) is 4.90 Å². The second kappa shape index (κ2) is 4.89. The molecule has 0 bridgehead atoms. The second-order valence-corrected chi connectivity index (χ2v) is 4.66. The summed E-state index contributed by atoms with van der Waals surface area (Å²) in [6.07, 6.45) is 0.764. The number of methoxy groups -OCH3 is 1. The number of hydrogen-bond acceptors (Lipinski definition) is 4. The highest BCUT2D eigenvalue weighted by atomic mass is 32.2. The van der Waals surface area contributed by atoms with Crippen LogP contribution in [-0.2, 0) is 19.4 Å². The third kappa shape index (κ3) is 3.16. The molecule has 0 aliphatic carbocycles. The topological polar surface area (TPSA) is 60.4 Å². The Morgan fingerprint density at radius 3 is 2.69 bits per heavy atom. The summed E-state index contributed by atoms with van der Waals surface area (Å²) in [5, 5.41) is 0.674. The number of halogens is 1. The molecule has 0 N–H and O–H groups in total. The summed E-state index contributed by atoms with van der Waals surface area (Å²) in [4.78, 5) is 10.5. The van der Waals surface area contributed by atoms with Gasteiger partial charge in [0.1, 0.15) is 5.82 Å². The molecule has 1 rings (SSSR count). The van der Waals surface area contributed by atoms with Crippen LogP contribution in [0.1, 0.15) is 0 Å². The van der Waals surface area contributed by atoms with Crippen molar-refractivity contribution >= 4 is 15.8 Å². The van der Waals surface area contributed by atoms with Crippen LogP contribution in [0.25, 0.3) is 0 Å². The lowest BCUT2D eigenvalue weighted by molar-refractivity contribution is -0.134. The standard InChI is InChI=1S/C10H9FO4S/c1-15-10(12)5-6-16(13,14)9-4-2-3-8(11)7-9/h2-7H,1H3/b6-5+. The number of carbonyl (C=O) groups excluding carboxylic acids is 1. The number of benzene rings is 1. The Hall–Kier alpha value is -1.69. The molecule has 6 heteroatoms. The molecule has 0 heterocycles. The molecule has 0 fully saturated rings. The SMILES string of the molecule is COC(=O)/C=C/S(=O)(=O)c1cccc(F)c1. The van der Waals surface area contributed by atoms with E-state index in [2.05, 4.69) is 4.74 Å². The van der Waals surface area contributed by atoms with Crippen molar-refractivity contribution in [3.8, 4) is 0 Å². The molecule has 0 unspecified atom stereocenters. The molecule has 0 saturated heterocycles. The van der Waals surface area contributed by atoms with E-state index in [9.17, 15) is 17.6 Å². The molecule has 0 aliphatic rings. The Balaban J connectivity index is 3.04. The molecular weight excluding hydrogens is 235 g/mol. The van der Waals surface area contributed by atoms with Gasteiger partial charge in [-0.2, -0.15) is 0 Å². The molecule has 0 aliphatic heterocycles. The first-order valence-electron chi connectivity index (χ1n) is 4.22. The number of hydrogen-bond donors (Lipinski definition) is 0. The Morgan fingerprint density at radius 2 is 2.12 bits per heavy atom. The summed E-state index contributed by atoms with van der Waals surface area (Å²) in [5.74, 6) is -1.45. The van der Waals surface area contributed by atoms with Gasteiger partial charge in [-0.3, -0.25) is 0 Å². The minimum atomic E-state index is -3.81. The van der Waals surface area contributed by atoms with Crippen LogP contribution in [0, 0.1) is 5.82 Å². The van der Waals surface area contributed by atoms with Crippen LogP contribution < -0.4 is 0 Å². The molecule has 0 amide bonds. The predicted octanol–water partition coefficient (Wildman–Crippen LogP) is 1.29. The molecule has 1 aromatic rings. The van der Waals surface area contributed by atoms with Crippen molar-refractivity contribution in [1.82, 2.24) is 0 Å². The lowest BCUT2D eigenvalue weighted by Crippen LogP contribution is -2.00. The van der Waals surface area contributed by atoms with E-state index in [4.69, 9.17) is 0 Å². The van der Waals surface area contributed by atoms with Gasteiger partial charge < -0.3 is 4.74 Å². The molecule has 0 radical (unpaired) electrons. The zero-order chi connectivity index (χ0) is 12.2. The first kappa shape index (κ1) is 12.4. The Bertz CT molecular complexity index is 519. The smallest absolute Gasteiger partial charge is 0.331 e. The summed E-state index contributed by atoms with van der Waals surface area (Å²) in [7, 11) is -2.68.